The molecule has 0 saturated carbocycles. The second kappa shape index (κ2) is 10.1. The van der Waals surface area contributed by atoms with E-state index < -0.39 is 0 Å². The quantitative estimate of drug-likeness (QED) is 0.296. The molecular weight excluding hydrogens is 524 g/mol. The van der Waals surface area contributed by atoms with Gasteiger partial charge in [-0.1, -0.05) is 64.5 Å². The lowest BCUT2D eigenvalue weighted by Crippen LogP contribution is -2.47. The monoisotopic (exact) mass is 552 g/mol. The maximum Gasteiger partial charge on any atom is 0.253 e. The highest BCUT2D eigenvalue weighted by Gasteiger charge is 2.30. The largest absolute Gasteiger partial charge is 0.336 e. The smallest absolute Gasteiger partial charge is 0.253 e. The van der Waals surface area contributed by atoms with E-state index in [2.05, 4.69) is 87.5 Å². The number of rotatable bonds is 4. The fourth-order valence-corrected chi connectivity index (χ4v) is 5.61. The predicted octanol–water partition coefficient (Wildman–Crippen LogP) is 6.35. The van der Waals surface area contributed by atoms with Crippen LogP contribution in [0.5, 0.6) is 0 Å². The number of hydrogen-bond acceptors (Lipinski definition) is 4. The first-order chi connectivity index (χ1) is 18.0. The molecule has 2 aliphatic heterocycles. The third-order valence-corrected chi connectivity index (χ3v) is 7.89. The number of hydrazone groups is 1. The number of nitrogens with zero attached hydrogens (tertiary/aromatic N) is 4. The van der Waals surface area contributed by atoms with E-state index in [9.17, 15) is 4.79 Å². The number of halogens is 1. The normalized spacial score (nSPS) is 18.3. The van der Waals surface area contributed by atoms with Gasteiger partial charge in [0, 0.05) is 42.6 Å². The number of piperazine rings is 1. The number of likely N-dealkylation sites (N-methyl/N-ethyl adjacent to an activating group) is 1. The Kier molecular flexibility index (Phi) is 6.53. The summed E-state index contributed by atoms with van der Waals surface area (Å²) < 4.78 is 1.04. The lowest BCUT2D eigenvalue weighted by molar-refractivity contribution is 0.0664. The van der Waals surface area contributed by atoms with Gasteiger partial charge >= 0.3 is 0 Å². The van der Waals surface area contributed by atoms with Gasteiger partial charge in [0.2, 0.25) is 0 Å². The van der Waals surface area contributed by atoms with E-state index in [1.807, 2.05) is 41.3 Å². The van der Waals surface area contributed by atoms with Gasteiger partial charge in [-0.3, -0.25) is 9.80 Å². The molecule has 186 valence electrons. The highest BCUT2D eigenvalue weighted by atomic mass is 79.9. The molecule has 0 N–H and O–H groups in total. The zero-order chi connectivity index (χ0) is 25.4. The second-order valence-electron chi connectivity index (χ2n) is 9.87. The van der Waals surface area contributed by atoms with Crippen molar-refractivity contribution in [3.8, 4) is 0 Å². The minimum atomic E-state index is 0.0674. The highest BCUT2D eigenvalue weighted by molar-refractivity contribution is 9.10. The summed E-state index contributed by atoms with van der Waals surface area (Å²) in [4.78, 5) is 17.3. The van der Waals surface area contributed by atoms with E-state index in [-0.39, 0.29) is 11.9 Å². The van der Waals surface area contributed by atoms with Gasteiger partial charge in [0.1, 0.15) is 0 Å². The van der Waals surface area contributed by atoms with Crippen molar-refractivity contribution in [2.24, 2.45) is 5.10 Å². The Bertz CT molecular complexity index is 1470. The van der Waals surface area contributed by atoms with Crippen molar-refractivity contribution in [1.82, 2.24) is 9.80 Å². The number of hydrogen-bond donors (Lipinski definition) is 0. The predicted molar refractivity (Wildman–Crippen MR) is 154 cm³/mol. The van der Waals surface area contributed by atoms with E-state index in [1.54, 1.807) is 0 Å². The SMILES string of the molecule is CN1CCN(C(=O)c2ccc(N3N=C(c4cccc(Br)c4)CC3c3ccc4ccccc4c3)cc2)CC1. The lowest BCUT2D eigenvalue weighted by atomic mass is 9.96. The summed E-state index contributed by atoms with van der Waals surface area (Å²) in [7, 11) is 2.10. The Hall–Kier alpha value is -3.48. The van der Waals surface area contributed by atoms with Crippen LogP contribution in [0.1, 0.15) is 33.9 Å². The summed E-state index contributed by atoms with van der Waals surface area (Å²) >= 11 is 3.61. The van der Waals surface area contributed by atoms with Crippen LogP contribution in [0.3, 0.4) is 0 Å². The molecule has 0 spiro atoms. The average Bonchev–Trinajstić information content (AvgIpc) is 3.39. The van der Waals surface area contributed by atoms with Gasteiger partial charge in [0.25, 0.3) is 5.91 Å². The van der Waals surface area contributed by atoms with Crippen LogP contribution in [-0.2, 0) is 0 Å². The number of anilines is 1. The van der Waals surface area contributed by atoms with Crippen molar-refractivity contribution in [2.75, 3.05) is 38.2 Å². The van der Waals surface area contributed by atoms with Crippen molar-refractivity contribution in [3.05, 3.63) is 112 Å². The topological polar surface area (TPSA) is 39.1 Å². The number of fused-ring (bicyclic) bond motifs is 1. The Balaban J connectivity index is 1.33. The van der Waals surface area contributed by atoms with Crippen LogP contribution in [0.25, 0.3) is 10.8 Å². The molecule has 1 fully saturated rings. The number of amides is 1. The molecule has 0 bridgehead atoms. The molecule has 4 aromatic rings. The van der Waals surface area contributed by atoms with E-state index in [0.717, 1.165) is 59.6 Å². The molecule has 1 unspecified atom stereocenters. The van der Waals surface area contributed by atoms with E-state index in [4.69, 9.17) is 5.10 Å². The average molecular weight is 554 g/mol. The maximum atomic E-state index is 13.1. The second-order valence-corrected chi connectivity index (χ2v) is 10.8. The third kappa shape index (κ3) is 4.91. The molecule has 1 atom stereocenters. The van der Waals surface area contributed by atoms with Crippen molar-refractivity contribution in [3.63, 3.8) is 0 Å². The molecule has 2 heterocycles. The van der Waals surface area contributed by atoms with E-state index >= 15 is 0 Å². The number of carbonyl (C=O) groups excluding carboxylic acids is 1. The molecule has 6 heteroatoms. The van der Waals surface area contributed by atoms with Crippen LogP contribution in [0.4, 0.5) is 5.69 Å². The van der Waals surface area contributed by atoms with Crippen LogP contribution in [0.15, 0.2) is 101 Å². The fraction of sp³-hybridized carbons (Fsp3) is 0.226. The third-order valence-electron chi connectivity index (χ3n) is 7.40. The van der Waals surface area contributed by atoms with Gasteiger partial charge in [-0.05, 0) is 71.4 Å². The summed E-state index contributed by atoms with van der Waals surface area (Å²) in [5.74, 6) is 0.102. The maximum absolute atomic E-state index is 13.1. The minimum absolute atomic E-state index is 0.0674. The Morgan fingerprint density at radius 1 is 0.838 bits per heavy atom. The fourth-order valence-electron chi connectivity index (χ4n) is 5.21. The van der Waals surface area contributed by atoms with E-state index in [0.29, 0.717) is 0 Å². The summed E-state index contributed by atoms with van der Waals surface area (Å²) in [6.45, 7) is 3.37. The molecule has 1 amide bonds. The van der Waals surface area contributed by atoms with Crippen LogP contribution < -0.4 is 5.01 Å². The standard InChI is InChI=1S/C31H29BrN4O/c1-34-15-17-35(18-16-34)31(37)23-11-13-28(14-12-23)36-30(21-29(33-36)25-7-4-8-27(32)20-25)26-10-9-22-5-2-3-6-24(22)19-26/h2-14,19-20,30H,15-18,21H2,1H3. The van der Waals surface area contributed by atoms with E-state index in [1.165, 1.54) is 16.3 Å². The molecule has 5 nitrogen and oxygen atoms in total. The van der Waals surface area contributed by atoms with Crippen molar-refractivity contribution < 1.29 is 4.79 Å². The van der Waals surface area contributed by atoms with Crippen LogP contribution in [0, 0.1) is 0 Å². The Morgan fingerprint density at radius 2 is 1.59 bits per heavy atom. The first-order valence-electron chi connectivity index (χ1n) is 12.7. The van der Waals surface area contributed by atoms with Crippen LogP contribution >= 0.6 is 15.9 Å². The molecule has 37 heavy (non-hydrogen) atoms. The molecule has 0 aromatic heterocycles. The molecule has 6 rings (SSSR count). The molecule has 1 saturated heterocycles. The number of benzene rings is 4. The van der Waals surface area contributed by atoms with Crippen molar-refractivity contribution >= 4 is 44.0 Å². The number of carbonyl (C=O) groups is 1. The summed E-state index contributed by atoms with van der Waals surface area (Å²) in [6, 6.07) is 31.5. The first kappa shape index (κ1) is 23.9. The molecular formula is C31H29BrN4O. The summed E-state index contributed by atoms with van der Waals surface area (Å²) in [5.41, 5.74) is 5.11. The molecule has 0 aliphatic carbocycles. The zero-order valence-corrected chi connectivity index (χ0v) is 22.4. The Morgan fingerprint density at radius 3 is 2.35 bits per heavy atom. The van der Waals surface area contributed by atoms with Crippen molar-refractivity contribution in [2.45, 2.75) is 12.5 Å². The van der Waals surface area contributed by atoms with Gasteiger partial charge in [0.15, 0.2) is 0 Å². The van der Waals surface area contributed by atoms with Crippen molar-refractivity contribution in [1.29, 1.82) is 0 Å². The minimum Gasteiger partial charge on any atom is -0.336 e. The van der Waals surface area contributed by atoms with Gasteiger partial charge < -0.3 is 9.80 Å². The lowest BCUT2D eigenvalue weighted by Gasteiger charge is -2.32. The van der Waals surface area contributed by atoms with Gasteiger partial charge in [0.05, 0.1) is 17.4 Å². The molecule has 4 aromatic carbocycles. The first-order valence-corrected chi connectivity index (χ1v) is 13.5. The summed E-state index contributed by atoms with van der Waals surface area (Å²) in [5, 5.41) is 9.68. The Labute approximate surface area is 226 Å². The molecule has 0 radical (unpaired) electrons. The van der Waals surface area contributed by atoms with Crippen LogP contribution in [-0.4, -0.2) is 54.6 Å². The van der Waals surface area contributed by atoms with Crippen LogP contribution in [0.2, 0.25) is 0 Å². The summed E-state index contributed by atoms with van der Waals surface area (Å²) in [6.07, 6.45) is 0.802. The molecule has 2 aliphatic rings. The van der Waals surface area contributed by atoms with Gasteiger partial charge in [-0.25, -0.2) is 0 Å². The zero-order valence-electron chi connectivity index (χ0n) is 20.8. The highest BCUT2D eigenvalue weighted by Crippen LogP contribution is 2.38. The van der Waals surface area contributed by atoms with Gasteiger partial charge in [-0.15, -0.1) is 0 Å². The van der Waals surface area contributed by atoms with Gasteiger partial charge in [-0.2, -0.15) is 5.10 Å².